The number of rotatable bonds is 7. The summed E-state index contributed by atoms with van der Waals surface area (Å²) in [5.41, 5.74) is 0. The minimum absolute atomic E-state index is 0. The van der Waals surface area contributed by atoms with E-state index in [0.717, 1.165) is 43.9 Å². The largest absolute Gasteiger partial charge is 0.356 e. The van der Waals surface area contributed by atoms with Gasteiger partial charge in [-0.05, 0) is 25.2 Å². The molecule has 0 aromatic carbocycles. The van der Waals surface area contributed by atoms with Gasteiger partial charge >= 0.3 is 0 Å². The molecular weight excluding hydrogens is 409 g/mol. The molecule has 0 aromatic rings. The van der Waals surface area contributed by atoms with E-state index in [1.165, 1.54) is 12.8 Å². The average Bonchev–Trinajstić information content (AvgIpc) is 2.54. The molecule has 3 unspecified atom stereocenters. The smallest absolute Gasteiger partial charge is 0.191 e. The van der Waals surface area contributed by atoms with Crippen LogP contribution >= 0.6 is 24.0 Å². The second-order valence-electron chi connectivity index (χ2n) is 5.93. The fourth-order valence-corrected chi connectivity index (χ4v) is 4.30. The molecule has 4 nitrogen and oxygen atoms in total. The Morgan fingerprint density at radius 3 is 2.50 bits per heavy atom. The van der Waals surface area contributed by atoms with Crippen molar-refractivity contribution in [2.24, 2.45) is 10.9 Å². The van der Waals surface area contributed by atoms with Crippen LogP contribution in [0, 0.1) is 5.92 Å². The van der Waals surface area contributed by atoms with Crippen LogP contribution in [0.5, 0.6) is 0 Å². The van der Waals surface area contributed by atoms with Crippen molar-refractivity contribution in [2.45, 2.75) is 70.6 Å². The van der Waals surface area contributed by atoms with Crippen LogP contribution in [-0.4, -0.2) is 40.8 Å². The van der Waals surface area contributed by atoms with Crippen molar-refractivity contribution < 1.29 is 4.21 Å². The number of aliphatic imine (C=N–C) groups is 1. The van der Waals surface area contributed by atoms with Gasteiger partial charge in [-0.3, -0.25) is 9.20 Å². The summed E-state index contributed by atoms with van der Waals surface area (Å²) >= 11 is 0. The van der Waals surface area contributed by atoms with Crippen molar-refractivity contribution in [3.05, 3.63) is 0 Å². The summed E-state index contributed by atoms with van der Waals surface area (Å²) < 4.78 is 12.0. The third kappa shape index (κ3) is 7.62. The molecule has 0 aliphatic heterocycles. The molecule has 0 amide bonds. The average molecular weight is 443 g/mol. The molecule has 1 fully saturated rings. The van der Waals surface area contributed by atoms with Crippen LogP contribution < -0.4 is 10.6 Å². The van der Waals surface area contributed by atoms with Crippen molar-refractivity contribution in [2.75, 3.05) is 19.3 Å². The van der Waals surface area contributed by atoms with E-state index in [1.807, 2.05) is 14.0 Å². The number of nitrogens with zero attached hydrogens (tertiary/aromatic N) is 1. The highest BCUT2D eigenvalue weighted by Crippen LogP contribution is 2.22. The zero-order chi connectivity index (χ0) is 15.7. The highest BCUT2D eigenvalue weighted by Gasteiger charge is 2.26. The SMILES string of the molecule is CCC(CC)CNC(=NC)NC1CCCC(S(=O)CC)C1.I. The second kappa shape index (κ2) is 12.6. The lowest BCUT2D eigenvalue weighted by Crippen LogP contribution is -2.47. The van der Waals surface area contributed by atoms with Gasteiger partial charge in [0.1, 0.15) is 0 Å². The molecule has 0 spiro atoms. The Hall–Kier alpha value is 0.150. The standard InChI is InChI=1S/C16H33N3OS.HI/c1-5-13(6-2)12-18-16(17-4)19-14-9-8-10-15(11-14)21(20)7-3;/h13-15H,5-12H2,1-4H3,(H2,17,18,19);1H. The van der Waals surface area contributed by atoms with Crippen LogP contribution in [0.3, 0.4) is 0 Å². The Kier molecular flexibility index (Phi) is 12.6. The van der Waals surface area contributed by atoms with Gasteiger partial charge in [0.15, 0.2) is 5.96 Å². The Bertz CT molecular complexity index is 348. The molecule has 22 heavy (non-hydrogen) atoms. The Labute approximate surface area is 156 Å². The summed E-state index contributed by atoms with van der Waals surface area (Å²) in [4.78, 5) is 4.33. The molecule has 1 aliphatic rings. The van der Waals surface area contributed by atoms with E-state index >= 15 is 0 Å². The summed E-state index contributed by atoms with van der Waals surface area (Å²) in [6, 6.07) is 0.409. The zero-order valence-corrected chi connectivity index (χ0v) is 17.7. The number of guanidine groups is 1. The van der Waals surface area contributed by atoms with Crippen molar-refractivity contribution in [3.63, 3.8) is 0 Å². The van der Waals surface area contributed by atoms with Crippen LogP contribution in [0.4, 0.5) is 0 Å². The van der Waals surface area contributed by atoms with Gasteiger partial charge in [0, 0.05) is 41.4 Å². The molecule has 6 heteroatoms. The fraction of sp³-hybridized carbons (Fsp3) is 0.938. The summed E-state index contributed by atoms with van der Waals surface area (Å²) in [6.07, 6.45) is 6.83. The highest BCUT2D eigenvalue weighted by molar-refractivity contribution is 14.0. The molecular formula is C16H34IN3OS. The van der Waals surface area contributed by atoms with E-state index in [1.54, 1.807) is 0 Å². The van der Waals surface area contributed by atoms with Gasteiger partial charge in [0.2, 0.25) is 0 Å². The second-order valence-corrected chi connectivity index (χ2v) is 7.94. The van der Waals surface area contributed by atoms with Crippen LogP contribution in [0.1, 0.15) is 59.3 Å². The van der Waals surface area contributed by atoms with Crippen molar-refractivity contribution in [1.29, 1.82) is 0 Å². The topological polar surface area (TPSA) is 53.5 Å². The lowest BCUT2D eigenvalue weighted by Gasteiger charge is -2.30. The molecule has 132 valence electrons. The monoisotopic (exact) mass is 443 g/mol. The van der Waals surface area contributed by atoms with Gasteiger partial charge < -0.3 is 10.6 Å². The molecule has 1 saturated carbocycles. The summed E-state index contributed by atoms with van der Waals surface area (Å²) in [5, 5.41) is 7.32. The molecule has 1 rings (SSSR count). The van der Waals surface area contributed by atoms with E-state index < -0.39 is 10.8 Å². The molecule has 1 aliphatic carbocycles. The van der Waals surface area contributed by atoms with Crippen LogP contribution in [-0.2, 0) is 10.8 Å². The maximum atomic E-state index is 12.0. The van der Waals surface area contributed by atoms with Gasteiger partial charge in [-0.2, -0.15) is 0 Å². The van der Waals surface area contributed by atoms with Crippen LogP contribution in [0.25, 0.3) is 0 Å². The van der Waals surface area contributed by atoms with E-state index in [2.05, 4.69) is 29.5 Å². The lowest BCUT2D eigenvalue weighted by molar-refractivity contribution is 0.410. The molecule has 0 radical (unpaired) electrons. The predicted molar refractivity (Wildman–Crippen MR) is 109 cm³/mol. The van der Waals surface area contributed by atoms with E-state index in [0.29, 0.717) is 17.2 Å². The van der Waals surface area contributed by atoms with Gasteiger partial charge in [-0.1, -0.05) is 40.0 Å². The maximum absolute atomic E-state index is 12.0. The minimum Gasteiger partial charge on any atom is -0.356 e. The Balaban J connectivity index is 0.00000441. The van der Waals surface area contributed by atoms with E-state index in [9.17, 15) is 4.21 Å². The Morgan fingerprint density at radius 2 is 1.95 bits per heavy atom. The van der Waals surface area contributed by atoms with Gasteiger partial charge in [-0.15, -0.1) is 24.0 Å². The number of hydrogen-bond acceptors (Lipinski definition) is 2. The first-order chi connectivity index (χ1) is 10.1. The third-order valence-corrected chi connectivity index (χ3v) is 6.30. The minimum atomic E-state index is -0.665. The van der Waals surface area contributed by atoms with E-state index in [-0.39, 0.29) is 24.0 Å². The van der Waals surface area contributed by atoms with Gasteiger partial charge in [-0.25, -0.2) is 0 Å². The molecule has 2 N–H and O–H groups in total. The first kappa shape index (κ1) is 22.1. The number of halogens is 1. The third-order valence-electron chi connectivity index (χ3n) is 4.56. The van der Waals surface area contributed by atoms with E-state index in [4.69, 9.17) is 0 Å². The lowest BCUT2D eigenvalue weighted by atomic mass is 9.95. The van der Waals surface area contributed by atoms with Crippen molar-refractivity contribution in [1.82, 2.24) is 10.6 Å². The Morgan fingerprint density at radius 1 is 1.27 bits per heavy atom. The molecule has 0 aromatic heterocycles. The van der Waals surface area contributed by atoms with Crippen LogP contribution in [0.15, 0.2) is 4.99 Å². The molecule has 0 saturated heterocycles. The maximum Gasteiger partial charge on any atom is 0.191 e. The van der Waals surface area contributed by atoms with Gasteiger partial charge in [0.05, 0.1) is 0 Å². The zero-order valence-electron chi connectivity index (χ0n) is 14.6. The molecule has 0 heterocycles. The highest BCUT2D eigenvalue weighted by atomic mass is 127. The predicted octanol–water partition coefficient (Wildman–Crippen LogP) is 3.29. The summed E-state index contributed by atoms with van der Waals surface area (Å²) in [6.45, 7) is 7.46. The number of nitrogens with one attached hydrogen (secondary N) is 2. The molecule has 0 bridgehead atoms. The van der Waals surface area contributed by atoms with Crippen LogP contribution in [0.2, 0.25) is 0 Å². The fourth-order valence-electron chi connectivity index (χ4n) is 2.96. The summed E-state index contributed by atoms with van der Waals surface area (Å²) in [5.74, 6) is 2.38. The summed E-state index contributed by atoms with van der Waals surface area (Å²) in [7, 11) is 1.16. The first-order valence-electron chi connectivity index (χ1n) is 8.48. The number of hydrogen-bond donors (Lipinski definition) is 2. The first-order valence-corrected chi connectivity index (χ1v) is 9.87. The normalized spacial score (nSPS) is 23.8. The van der Waals surface area contributed by atoms with Crippen molar-refractivity contribution in [3.8, 4) is 0 Å². The van der Waals surface area contributed by atoms with Gasteiger partial charge in [0.25, 0.3) is 0 Å². The van der Waals surface area contributed by atoms with Crippen molar-refractivity contribution >= 4 is 40.7 Å². The quantitative estimate of drug-likeness (QED) is 0.361. The molecule has 3 atom stereocenters.